The van der Waals surface area contributed by atoms with Gasteiger partial charge in [0.15, 0.2) is 0 Å². The summed E-state index contributed by atoms with van der Waals surface area (Å²) < 4.78 is 0. The predicted molar refractivity (Wildman–Crippen MR) is 75.5 cm³/mol. The van der Waals surface area contributed by atoms with Crippen molar-refractivity contribution in [2.24, 2.45) is 0 Å². The van der Waals surface area contributed by atoms with Crippen molar-refractivity contribution in [3.63, 3.8) is 0 Å². The van der Waals surface area contributed by atoms with Crippen molar-refractivity contribution in [1.82, 2.24) is 4.90 Å². The van der Waals surface area contributed by atoms with E-state index in [1.165, 1.54) is 6.92 Å². The molecule has 0 radical (unpaired) electrons. The van der Waals surface area contributed by atoms with E-state index < -0.39 is 0 Å². The third-order valence-electron chi connectivity index (χ3n) is 3.22. The van der Waals surface area contributed by atoms with E-state index in [-0.39, 0.29) is 24.0 Å². The third kappa shape index (κ3) is 3.66. The number of hydrogen-bond acceptors (Lipinski definition) is 3. The lowest BCUT2D eigenvalue weighted by atomic mass is 10.2. The molecule has 0 unspecified atom stereocenters. The first-order valence-electron chi connectivity index (χ1n) is 6.75. The van der Waals surface area contributed by atoms with Crippen LogP contribution in [0.2, 0.25) is 0 Å². The molecule has 1 aromatic rings. The SMILES string of the molecule is CC(=O)CC(=O)Nc1ccc(C(=O)N2CCCC2)cc1. The molecule has 0 spiro atoms. The van der Waals surface area contributed by atoms with Gasteiger partial charge in [-0.05, 0) is 44.0 Å². The Morgan fingerprint density at radius 1 is 1.10 bits per heavy atom. The molecule has 0 bridgehead atoms. The molecular formula is C15H18N2O3. The van der Waals surface area contributed by atoms with E-state index in [4.69, 9.17) is 0 Å². The van der Waals surface area contributed by atoms with Crippen LogP contribution in [0.1, 0.15) is 36.5 Å². The lowest BCUT2D eigenvalue weighted by Gasteiger charge is -2.15. The Morgan fingerprint density at radius 3 is 2.25 bits per heavy atom. The largest absolute Gasteiger partial charge is 0.339 e. The van der Waals surface area contributed by atoms with Gasteiger partial charge >= 0.3 is 0 Å². The first-order chi connectivity index (χ1) is 9.56. The smallest absolute Gasteiger partial charge is 0.253 e. The number of likely N-dealkylation sites (tertiary alicyclic amines) is 1. The van der Waals surface area contributed by atoms with E-state index in [1.54, 1.807) is 24.3 Å². The molecule has 0 saturated carbocycles. The lowest BCUT2D eigenvalue weighted by molar-refractivity contribution is -0.124. The highest BCUT2D eigenvalue weighted by molar-refractivity contribution is 6.03. The number of Topliss-reactive ketones (excluding diaryl/α,β-unsaturated/α-hetero) is 1. The van der Waals surface area contributed by atoms with Crippen molar-refractivity contribution in [3.05, 3.63) is 29.8 Å². The monoisotopic (exact) mass is 274 g/mol. The molecule has 0 aromatic heterocycles. The Morgan fingerprint density at radius 2 is 1.70 bits per heavy atom. The maximum atomic E-state index is 12.1. The molecule has 1 fully saturated rings. The summed E-state index contributed by atoms with van der Waals surface area (Å²) in [6.45, 7) is 3.00. The Bertz CT molecular complexity index is 516. The molecule has 0 aliphatic carbocycles. The van der Waals surface area contributed by atoms with Gasteiger partial charge in [-0.2, -0.15) is 0 Å². The molecular weight excluding hydrogens is 256 g/mol. The first-order valence-corrected chi connectivity index (χ1v) is 6.75. The standard InChI is InChI=1S/C15H18N2O3/c1-11(18)10-14(19)16-13-6-4-12(5-7-13)15(20)17-8-2-3-9-17/h4-7H,2-3,8-10H2,1H3,(H,16,19). The zero-order chi connectivity index (χ0) is 14.5. The summed E-state index contributed by atoms with van der Waals surface area (Å²) in [6.07, 6.45) is 1.99. The highest BCUT2D eigenvalue weighted by Crippen LogP contribution is 2.15. The number of benzene rings is 1. The molecule has 2 amide bonds. The highest BCUT2D eigenvalue weighted by atomic mass is 16.2. The van der Waals surface area contributed by atoms with E-state index in [0.717, 1.165) is 25.9 Å². The Hall–Kier alpha value is -2.17. The normalized spacial score (nSPS) is 14.2. The number of hydrogen-bond donors (Lipinski definition) is 1. The first kappa shape index (κ1) is 14.2. The van der Waals surface area contributed by atoms with Crippen LogP contribution in [0.15, 0.2) is 24.3 Å². The van der Waals surface area contributed by atoms with Crippen molar-refractivity contribution in [2.75, 3.05) is 18.4 Å². The number of carbonyl (C=O) groups is 3. The minimum atomic E-state index is -0.337. The van der Waals surface area contributed by atoms with Crippen LogP contribution < -0.4 is 5.32 Å². The second kappa shape index (κ2) is 6.32. The zero-order valence-corrected chi connectivity index (χ0v) is 11.5. The molecule has 0 atom stereocenters. The van der Waals surface area contributed by atoms with Gasteiger partial charge in [-0.3, -0.25) is 14.4 Å². The summed E-state index contributed by atoms with van der Waals surface area (Å²) in [5, 5.41) is 2.62. The van der Waals surface area contributed by atoms with Crippen LogP contribution in [0, 0.1) is 0 Å². The quantitative estimate of drug-likeness (QED) is 0.852. The Kier molecular flexibility index (Phi) is 4.50. The maximum Gasteiger partial charge on any atom is 0.253 e. The zero-order valence-electron chi connectivity index (χ0n) is 11.5. The van der Waals surface area contributed by atoms with Gasteiger partial charge in [0.25, 0.3) is 5.91 Å². The van der Waals surface area contributed by atoms with Gasteiger partial charge in [0, 0.05) is 24.3 Å². The van der Waals surface area contributed by atoms with Gasteiger partial charge in [0.2, 0.25) is 5.91 Å². The van der Waals surface area contributed by atoms with Crippen LogP contribution in [-0.2, 0) is 9.59 Å². The summed E-state index contributed by atoms with van der Waals surface area (Å²) in [5.41, 5.74) is 1.21. The van der Waals surface area contributed by atoms with Crippen LogP contribution in [0.3, 0.4) is 0 Å². The van der Waals surface area contributed by atoms with Crippen molar-refractivity contribution >= 4 is 23.3 Å². The van der Waals surface area contributed by atoms with Gasteiger partial charge in [-0.25, -0.2) is 0 Å². The van der Waals surface area contributed by atoms with Gasteiger partial charge in [-0.15, -0.1) is 0 Å². The summed E-state index contributed by atoms with van der Waals surface area (Å²) >= 11 is 0. The lowest BCUT2D eigenvalue weighted by Crippen LogP contribution is -2.27. The molecule has 2 rings (SSSR count). The number of nitrogens with one attached hydrogen (secondary N) is 1. The molecule has 5 heteroatoms. The summed E-state index contributed by atoms with van der Waals surface area (Å²) in [5.74, 6) is -0.483. The van der Waals surface area contributed by atoms with Crippen molar-refractivity contribution in [3.8, 4) is 0 Å². The second-order valence-electron chi connectivity index (χ2n) is 5.00. The number of carbonyl (C=O) groups excluding carboxylic acids is 3. The fourth-order valence-corrected chi connectivity index (χ4v) is 2.23. The van der Waals surface area contributed by atoms with Gasteiger partial charge in [-0.1, -0.05) is 0 Å². The molecule has 1 aromatic carbocycles. The number of rotatable bonds is 4. The van der Waals surface area contributed by atoms with Crippen molar-refractivity contribution in [1.29, 1.82) is 0 Å². The van der Waals surface area contributed by atoms with Crippen LogP contribution in [0.25, 0.3) is 0 Å². The number of amides is 2. The third-order valence-corrected chi connectivity index (χ3v) is 3.22. The Labute approximate surface area is 118 Å². The molecule has 5 nitrogen and oxygen atoms in total. The van der Waals surface area contributed by atoms with Crippen LogP contribution in [0.4, 0.5) is 5.69 Å². The summed E-state index contributed by atoms with van der Waals surface area (Å²) in [7, 11) is 0. The topological polar surface area (TPSA) is 66.5 Å². The highest BCUT2D eigenvalue weighted by Gasteiger charge is 2.19. The fourth-order valence-electron chi connectivity index (χ4n) is 2.23. The molecule has 20 heavy (non-hydrogen) atoms. The second-order valence-corrected chi connectivity index (χ2v) is 5.00. The van der Waals surface area contributed by atoms with E-state index in [2.05, 4.69) is 5.32 Å². The van der Waals surface area contributed by atoms with Gasteiger partial charge in [0.1, 0.15) is 5.78 Å². The predicted octanol–water partition coefficient (Wildman–Crippen LogP) is 1.84. The number of anilines is 1. The molecule has 1 heterocycles. The summed E-state index contributed by atoms with van der Waals surface area (Å²) in [4.78, 5) is 36.2. The van der Waals surface area contributed by atoms with Crippen LogP contribution in [-0.4, -0.2) is 35.6 Å². The van der Waals surface area contributed by atoms with Crippen molar-refractivity contribution < 1.29 is 14.4 Å². The van der Waals surface area contributed by atoms with E-state index in [9.17, 15) is 14.4 Å². The molecule has 1 saturated heterocycles. The Balaban J connectivity index is 1.97. The van der Waals surface area contributed by atoms with Crippen LogP contribution >= 0.6 is 0 Å². The summed E-state index contributed by atoms with van der Waals surface area (Å²) in [6, 6.07) is 6.76. The van der Waals surface area contributed by atoms with Gasteiger partial charge in [0.05, 0.1) is 6.42 Å². The average Bonchev–Trinajstić information content (AvgIpc) is 2.91. The average molecular weight is 274 g/mol. The molecule has 1 aliphatic rings. The molecule has 106 valence electrons. The minimum absolute atomic E-state index is 0.0316. The molecule has 1 aliphatic heterocycles. The van der Waals surface area contributed by atoms with E-state index in [1.807, 2.05) is 4.90 Å². The maximum absolute atomic E-state index is 12.1. The van der Waals surface area contributed by atoms with E-state index >= 15 is 0 Å². The van der Waals surface area contributed by atoms with Gasteiger partial charge < -0.3 is 10.2 Å². The van der Waals surface area contributed by atoms with E-state index in [0.29, 0.717) is 11.3 Å². The van der Waals surface area contributed by atoms with Crippen LogP contribution in [0.5, 0.6) is 0 Å². The number of ketones is 1. The van der Waals surface area contributed by atoms with Crippen molar-refractivity contribution in [2.45, 2.75) is 26.2 Å². The number of nitrogens with zero attached hydrogens (tertiary/aromatic N) is 1. The fraction of sp³-hybridized carbons (Fsp3) is 0.400. The minimum Gasteiger partial charge on any atom is -0.339 e. The molecule has 1 N–H and O–H groups in total.